The summed E-state index contributed by atoms with van der Waals surface area (Å²) >= 11 is 1.20. The van der Waals surface area contributed by atoms with Crippen LogP contribution in [0.5, 0.6) is 0 Å². The lowest BCUT2D eigenvalue weighted by Gasteiger charge is -2.10. The van der Waals surface area contributed by atoms with E-state index in [1.165, 1.54) is 23.5 Å². The number of halogens is 1. The van der Waals surface area contributed by atoms with E-state index < -0.39 is 5.97 Å². The number of thiophene rings is 1. The Morgan fingerprint density at radius 3 is 2.50 bits per heavy atom. The van der Waals surface area contributed by atoms with Gasteiger partial charge in [-0.15, -0.1) is 11.3 Å². The van der Waals surface area contributed by atoms with Crippen LogP contribution in [0.3, 0.4) is 0 Å². The van der Waals surface area contributed by atoms with Crippen LogP contribution in [0, 0.1) is 5.82 Å². The highest BCUT2D eigenvalue weighted by atomic mass is 32.1. The van der Waals surface area contributed by atoms with Crippen LogP contribution in [-0.2, 0) is 6.42 Å². The molecule has 1 aliphatic carbocycles. The van der Waals surface area contributed by atoms with Crippen molar-refractivity contribution in [3.8, 4) is 10.4 Å². The summed E-state index contributed by atoms with van der Waals surface area (Å²) in [7, 11) is 0. The number of Topliss-reactive ketones (excluding diaryl/α,β-unsaturated/α-hetero) is 1. The molecule has 1 heterocycles. The zero-order valence-electron chi connectivity index (χ0n) is 10.5. The van der Waals surface area contributed by atoms with E-state index in [0.29, 0.717) is 40.1 Å². The minimum absolute atomic E-state index is 0.00658. The molecule has 0 aliphatic heterocycles. The zero-order valence-corrected chi connectivity index (χ0v) is 11.3. The predicted molar refractivity (Wildman–Crippen MR) is 73.9 cm³/mol. The number of hydrogen-bond acceptors (Lipinski definition) is 3. The van der Waals surface area contributed by atoms with Crippen LogP contribution < -0.4 is 0 Å². The van der Waals surface area contributed by atoms with Gasteiger partial charge >= 0.3 is 5.97 Å². The summed E-state index contributed by atoms with van der Waals surface area (Å²) in [6.45, 7) is 0. The van der Waals surface area contributed by atoms with Crippen LogP contribution in [-0.4, -0.2) is 16.9 Å². The second kappa shape index (κ2) is 4.83. The first kappa shape index (κ1) is 13.0. The Kier molecular flexibility index (Phi) is 3.14. The molecule has 0 bridgehead atoms. The highest BCUT2D eigenvalue weighted by Crippen LogP contribution is 2.40. The molecule has 3 nitrogen and oxygen atoms in total. The van der Waals surface area contributed by atoms with Crippen molar-refractivity contribution in [3.05, 3.63) is 46.1 Å². The van der Waals surface area contributed by atoms with Crippen molar-refractivity contribution < 1.29 is 19.1 Å². The van der Waals surface area contributed by atoms with Crippen molar-refractivity contribution in [2.75, 3.05) is 0 Å². The second-order valence-electron chi connectivity index (χ2n) is 4.70. The lowest BCUT2D eigenvalue weighted by molar-refractivity contribution is 0.0697. The maximum absolute atomic E-state index is 13.0. The Morgan fingerprint density at radius 2 is 1.85 bits per heavy atom. The molecule has 5 heteroatoms. The van der Waals surface area contributed by atoms with E-state index in [-0.39, 0.29) is 17.2 Å². The number of benzene rings is 1. The number of carbonyl (C=O) groups excluding carboxylic acids is 1. The van der Waals surface area contributed by atoms with Crippen LogP contribution in [0.2, 0.25) is 0 Å². The Bertz CT molecular complexity index is 701. The summed E-state index contributed by atoms with van der Waals surface area (Å²) in [5.41, 5.74) is 1.47. The minimum atomic E-state index is -1.03. The molecule has 1 aliphatic rings. The van der Waals surface area contributed by atoms with Gasteiger partial charge in [0.2, 0.25) is 0 Å². The quantitative estimate of drug-likeness (QED) is 0.916. The average molecular weight is 290 g/mol. The highest BCUT2D eigenvalue weighted by molar-refractivity contribution is 7.18. The van der Waals surface area contributed by atoms with Gasteiger partial charge in [-0.3, -0.25) is 4.79 Å². The first-order valence-corrected chi connectivity index (χ1v) is 7.07. The van der Waals surface area contributed by atoms with E-state index in [2.05, 4.69) is 0 Å². The minimum Gasteiger partial charge on any atom is -0.478 e. The predicted octanol–water partition coefficient (Wildman–Crippen LogP) is 3.77. The first-order valence-electron chi connectivity index (χ1n) is 6.26. The number of fused-ring (bicyclic) bond motifs is 1. The number of carbonyl (C=O) groups is 2. The molecular formula is C15H11FO3S. The Balaban J connectivity index is 2.22. The van der Waals surface area contributed by atoms with Gasteiger partial charge in [-0.05, 0) is 36.1 Å². The van der Waals surface area contributed by atoms with Gasteiger partial charge in [0.15, 0.2) is 5.78 Å². The van der Waals surface area contributed by atoms with E-state index in [1.807, 2.05) is 0 Å². The SMILES string of the molecule is O=C1CCCc2c1sc(-c1ccc(F)cc1)c2C(=O)O. The summed E-state index contributed by atoms with van der Waals surface area (Å²) in [6.07, 6.45) is 1.77. The summed E-state index contributed by atoms with van der Waals surface area (Å²) < 4.78 is 13.0. The van der Waals surface area contributed by atoms with Crippen molar-refractivity contribution in [1.29, 1.82) is 0 Å². The van der Waals surface area contributed by atoms with Gasteiger partial charge in [-0.2, -0.15) is 0 Å². The van der Waals surface area contributed by atoms with E-state index in [1.54, 1.807) is 12.1 Å². The number of rotatable bonds is 2. The fourth-order valence-electron chi connectivity index (χ4n) is 2.50. The molecule has 0 unspecified atom stereocenters. The Labute approximate surface area is 118 Å². The largest absolute Gasteiger partial charge is 0.478 e. The molecule has 3 rings (SSSR count). The van der Waals surface area contributed by atoms with Gasteiger partial charge in [-0.1, -0.05) is 12.1 Å². The number of aromatic carboxylic acids is 1. The van der Waals surface area contributed by atoms with Crippen molar-refractivity contribution in [2.24, 2.45) is 0 Å². The van der Waals surface area contributed by atoms with Crippen molar-refractivity contribution >= 4 is 23.1 Å². The van der Waals surface area contributed by atoms with E-state index in [4.69, 9.17) is 0 Å². The molecule has 0 fully saturated rings. The Morgan fingerprint density at radius 1 is 1.15 bits per heavy atom. The molecule has 1 N–H and O–H groups in total. The number of ketones is 1. The molecular weight excluding hydrogens is 279 g/mol. The monoisotopic (exact) mass is 290 g/mol. The summed E-state index contributed by atoms with van der Waals surface area (Å²) in [6, 6.07) is 5.68. The van der Waals surface area contributed by atoms with Gasteiger partial charge in [0.25, 0.3) is 0 Å². The number of hydrogen-bond donors (Lipinski definition) is 1. The number of carboxylic acid groups (broad SMARTS) is 1. The molecule has 20 heavy (non-hydrogen) atoms. The average Bonchev–Trinajstić information content (AvgIpc) is 2.80. The molecule has 0 amide bonds. The van der Waals surface area contributed by atoms with E-state index >= 15 is 0 Å². The lowest BCUT2D eigenvalue weighted by Crippen LogP contribution is -2.11. The topological polar surface area (TPSA) is 54.4 Å². The smallest absolute Gasteiger partial charge is 0.337 e. The van der Waals surface area contributed by atoms with Crippen LogP contribution >= 0.6 is 11.3 Å². The third kappa shape index (κ3) is 2.04. The van der Waals surface area contributed by atoms with Crippen LogP contribution in [0.1, 0.15) is 38.4 Å². The maximum atomic E-state index is 13.0. The zero-order chi connectivity index (χ0) is 14.3. The van der Waals surface area contributed by atoms with Crippen molar-refractivity contribution in [1.82, 2.24) is 0 Å². The van der Waals surface area contributed by atoms with Gasteiger partial charge in [0, 0.05) is 11.3 Å². The van der Waals surface area contributed by atoms with Crippen LogP contribution in [0.4, 0.5) is 4.39 Å². The fourth-order valence-corrected chi connectivity index (χ4v) is 3.81. The first-order chi connectivity index (χ1) is 9.58. The van der Waals surface area contributed by atoms with Gasteiger partial charge in [0.05, 0.1) is 10.4 Å². The molecule has 0 saturated heterocycles. The summed E-state index contributed by atoms with van der Waals surface area (Å²) in [5.74, 6) is -1.40. The number of carboxylic acids is 1. The Hall–Kier alpha value is -2.01. The molecule has 1 aromatic carbocycles. The van der Waals surface area contributed by atoms with Gasteiger partial charge in [-0.25, -0.2) is 9.18 Å². The van der Waals surface area contributed by atoms with Crippen LogP contribution in [0.15, 0.2) is 24.3 Å². The summed E-state index contributed by atoms with van der Waals surface area (Å²) in [5, 5.41) is 9.43. The maximum Gasteiger partial charge on any atom is 0.337 e. The van der Waals surface area contributed by atoms with Gasteiger partial charge < -0.3 is 5.11 Å². The lowest BCUT2D eigenvalue weighted by atomic mass is 9.93. The molecule has 2 aromatic rings. The summed E-state index contributed by atoms with van der Waals surface area (Å²) in [4.78, 5) is 24.5. The fraction of sp³-hybridized carbons (Fsp3) is 0.200. The molecule has 0 radical (unpaired) electrons. The molecule has 1 aromatic heterocycles. The second-order valence-corrected chi connectivity index (χ2v) is 5.72. The van der Waals surface area contributed by atoms with E-state index in [9.17, 15) is 19.1 Å². The van der Waals surface area contributed by atoms with E-state index in [0.717, 1.165) is 0 Å². The van der Waals surface area contributed by atoms with Crippen molar-refractivity contribution in [2.45, 2.75) is 19.3 Å². The third-order valence-corrected chi connectivity index (χ3v) is 4.73. The third-order valence-electron chi connectivity index (χ3n) is 3.41. The van der Waals surface area contributed by atoms with Gasteiger partial charge in [0.1, 0.15) is 5.82 Å². The molecule has 0 saturated carbocycles. The van der Waals surface area contributed by atoms with Crippen LogP contribution in [0.25, 0.3) is 10.4 Å². The molecule has 0 spiro atoms. The highest BCUT2D eigenvalue weighted by Gasteiger charge is 2.29. The standard InChI is InChI=1S/C15H11FO3S/c16-9-6-4-8(5-7-9)13-12(15(18)19)10-2-1-3-11(17)14(10)20-13/h4-7H,1-3H2,(H,18,19). The van der Waals surface area contributed by atoms with Crippen molar-refractivity contribution in [3.63, 3.8) is 0 Å². The molecule has 0 atom stereocenters. The molecule has 102 valence electrons. The normalized spacial score (nSPS) is 14.2.